The van der Waals surface area contributed by atoms with E-state index < -0.39 is 11.7 Å². The Bertz CT molecular complexity index is 1150. The number of anilines is 2. The summed E-state index contributed by atoms with van der Waals surface area (Å²) in [4.78, 5) is 32.8. The molecule has 3 heterocycles. The van der Waals surface area contributed by atoms with Gasteiger partial charge in [0.1, 0.15) is 5.76 Å². The molecule has 0 atom stereocenters. The van der Waals surface area contributed by atoms with Crippen molar-refractivity contribution in [1.82, 2.24) is 9.88 Å². The van der Waals surface area contributed by atoms with Crippen molar-refractivity contribution in [1.29, 1.82) is 0 Å². The molecule has 7 nitrogen and oxygen atoms in total. The quantitative estimate of drug-likeness (QED) is 0.595. The van der Waals surface area contributed by atoms with E-state index in [0.29, 0.717) is 54.0 Å². The van der Waals surface area contributed by atoms with Crippen LogP contribution in [-0.4, -0.2) is 47.9 Å². The zero-order valence-corrected chi connectivity index (χ0v) is 18.5. The van der Waals surface area contributed by atoms with E-state index in [2.05, 4.69) is 10.3 Å². The fraction of sp³-hybridized carbons (Fsp3) is 0.318. The number of aromatic nitrogens is 1. The average molecular weight is 478 g/mol. The number of nitrogens with zero attached hydrogens (tertiary/aromatic N) is 3. The minimum absolute atomic E-state index is 0.0840. The summed E-state index contributed by atoms with van der Waals surface area (Å²) in [6.45, 7) is 3.38. The highest BCUT2D eigenvalue weighted by Gasteiger charge is 2.31. The number of piperazine rings is 1. The van der Waals surface area contributed by atoms with Crippen LogP contribution in [-0.2, 0) is 17.4 Å². The average Bonchev–Trinajstić information content (AvgIpc) is 3.42. The normalized spacial score (nSPS) is 14.4. The lowest BCUT2D eigenvalue weighted by Gasteiger charge is -2.36. The van der Waals surface area contributed by atoms with Gasteiger partial charge in [-0.05, 0) is 31.2 Å². The number of thiazole rings is 1. The highest BCUT2D eigenvalue weighted by molar-refractivity contribution is 7.14. The van der Waals surface area contributed by atoms with Gasteiger partial charge in [0.05, 0.1) is 29.5 Å². The molecule has 1 N–H and O–H groups in total. The number of hydrogen-bond donors (Lipinski definition) is 1. The summed E-state index contributed by atoms with van der Waals surface area (Å²) in [5.41, 5.74) is 0.767. The zero-order valence-electron chi connectivity index (χ0n) is 17.7. The van der Waals surface area contributed by atoms with E-state index in [1.54, 1.807) is 29.3 Å². The second-order valence-corrected chi connectivity index (χ2v) is 8.44. The molecular weight excluding hydrogens is 457 g/mol. The Labute approximate surface area is 191 Å². The monoisotopic (exact) mass is 478 g/mol. The summed E-state index contributed by atoms with van der Waals surface area (Å²) in [5.74, 6) is 0.0514. The van der Waals surface area contributed by atoms with E-state index in [4.69, 9.17) is 4.42 Å². The Kier molecular flexibility index (Phi) is 6.41. The predicted molar refractivity (Wildman–Crippen MR) is 117 cm³/mol. The third-order valence-corrected chi connectivity index (χ3v) is 6.19. The van der Waals surface area contributed by atoms with Crippen LogP contribution in [0.2, 0.25) is 0 Å². The molecule has 0 radical (unpaired) electrons. The number of nitrogens with one attached hydrogen (secondary N) is 1. The fourth-order valence-corrected chi connectivity index (χ4v) is 4.30. The molecule has 0 saturated carbocycles. The van der Waals surface area contributed by atoms with Crippen LogP contribution in [0.1, 0.15) is 27.4 Å². The van der Waals surface area contributed by atoms with Gasteiger partial charge in [-0.1, -0.05) is 6.07 Å². The number of amides is 2. The van der Waals surface area contributed by atoms with Crippen LogP contribution in [0, 0.1) is 6.92 Å². The Hall–Kier alpha value is -3.34. The van der Waals surface area contributed by atoms with Gasteiger partial charge in [-0.25, -0.2) is 4.98 Å². The maximum absolute atomic E-state index is 13.0. The lowest BCUT2D eigenvalue weighted by atomic mass is 10.1. The number of aryl methyl sites for hydroxylation is 1. The molecule has 2 amide bonds. The molecule has 0 aliphatic carbocycles. The van der Waals surface area contributed by atoms with Gasteiger partial charge < -0.3 is 14.2 Å². The molecule has 1 aliphatic rings. The Morgan fingerprint density at radius 3 is 2.61 bits per heavy atom. The molecule has 0 bridgehead atoms. The number of carbonyl (C=O) groups excluding carboxylic acids is 2. The number of halogens is 3. The van der Waals surface area contributed by atoms with Crippen LogP contribution in [0.15, 0.2) is 46.4 Å². The van der Waals surface area contributed by atoms with E-state index in [-0.39, 0.29) is 18.2 Å². The summed E-state index contributed by atoms with van der Waals surface area (Å²) in [6.07, 6.45) is -2.87. The molecule has 174 valence electrons. The smallest absolute Gasteiger partial charge is 0.416 e. The summed E-state index contributed by atoms with van der Waals surface area (Å²) in [7, 11) is 0. The third kappa shape index (κ3) is 5.36. The van der Waals surface area contributed by atoms with Gasteiger partial charge in [-0.15, -0.1) is 11.3 Å². The topological polar surface area (TPSA) is 78.7 Å². The van der Waals surface area contributed by atoms with Gasteiger partial charge >= 0.3 is 6.18 Å². The maximum atomic E-state index is 13.0. The Morgan fingerprint density at radius 2 is 1.94 bits per heavy atom. The van der Waals surface area contributed by atoms with Crippen molar-refractivity contribution in [2.45, 2.75) is 19.5 Å². The number of rotatable bonds is 5. The van der Waals surface area contributed by atoms with Crippen LogP contribution in [0.25, 0.3) is 0 Å². The largest absolute Gasteiger partial charge is 0.469 e. The van der Waals surface area contributed by atoms with E-state index in [9.17, 15) is 22.8 Å². The van der Waals surface area contributed by atoms with Gasteiger partial charge in [-0.3, -0.25) is 14.9 Å². The Balaban J connectivity index is 1.30. The molecule has 0 spiro atoms. The van der Waals surface area contributed by atoms with Crippen LogP contribution < -0.4 is 10.2 Å². The summed E-state index contributed by atoms with van der Waals surface area (Å²) >= 11 is 1.23. The fourth-order valence-electron chi connectivity index (χ4n) is 3.59. The van der Waals surface area contributed by atoms with E-state index in [1.807, 2.05) is 4.90 Å². The van der Waals surface area contributed by atoms with Crippen LogP contribution in [0.4, 0.5) is 24.0 Å². The SMILES string of the molecule is Cc1occc1C(=O)Nc1nc(CC(=O)N2CCN(c3cccc(C(F)(F)F)c3)CC2)cs1. The first-order valence-electron chi connectivity index (χ1n) is 10.2. The Morgan fingerprint density at radius 1 is 1.18 bits per heavy atom. The number of furan rings is 1. The molecule has 33 heavy (non-hydrogen) atoms. The highest BCUT2D eigenvalue weighted by atomic mass is 32.1. The van der Waals surface area contributed by atoms with Crippen molar-refractivity contribution >= 4 is 34.0 Å². The van der Waals surface area contributed by atoms with E-state index >= 15 is 0 Å². The molecule has 1 aromatic carbocycles. The number of alkyl halides is 3. The second-order valence-electron chi connectivity index (χ2n) is 7.58. The van der Waals surface area contributed by atoms with Gasteiger partial charge in [-0.2, -0.15) is 13.2 Å². The number of hydrogen-bond acceptors (Lipinski definition) is 6. The van der Waals surface area contributed by atoms with Crippen molar-refractivity contribution in [2.24, 2.45) is 0 Å². The molecule has 11 heteroatoms. The first-order valence-corrected chi connectivity index (χ1v) is 11.1. The van der Waals surface area contributed by atoms with Gasteiger partial charge in [0.2, 0.25) is 5.91 Å². The molecule has 1 aliphatic heterocycles. The zero-order chi connectivity index (χ0) is 23.6. The van der Waals surface area contributed by atoms with Crippen LogP contribution >= 0.6 is 11.3 Å². The summed E-state index contributed by atoms with van der Waals surface area (Å²) in [6, 6.07) is 6.78. The summed E-state index contributed by atoms with van der Waals surface area (Å²) < 4.78 is 44.0. The predicted octanol–water partition coefficient (Wildman–Crippen LogP) is 4.21. The van der Waals surface area contributed by atoms with Crippen molar-refractivity contribution in [3.05, 3.63) is 64.6 Å². The third-order valence-electron chi connectivity index (χ3n) is 5.38. The molecular formula is C22H21F3N4O3S. The van der Waals surface area contributed by atoms with Crippen molar-refractivity contribution in [3.63, 3.8) is 0 Å². The van der Waals surface area contributed by atoms with Gasteiger partial charge in [0.25, 0.3) is 5.91 Å². The number of carbonyl (C=O) groups is 2. The molecule has 0 unspecified atom stereocenters. The second kappa shape index (κ2) is 9.26. The molecule has 2 aromatic heterocycles. The minimum Gasteiger partial charge on any atom is -0.469 e. The molecule has 3 aromatic rings. The van der Waals surface area contributed by atoms with Crippen molar-refractivity contribution in [3.8, 4) is 0 Å². The minimum atomic E-state index is -4.39. The number of benzene rings is 1. The van der Waals surface area contributed by atoms with Crippen LogP contribution in [0.3, 0.4) is 0 Å². The lowest BCUT2D eigenvalue weighted by molar-refractivity contribution is -0.137. The first kappa shape index (κ1) is 22.8. The highest BCUT2D eigenvalue weighted by Crippen LogP contribution is 2.32. The lowest BCUT2D eigenvalue weighted by Crippen LogP contribution is -2.49. The van der Waals surface area contributed by atoms with Crippen molar-refractivity contribution in [2.75, 3.05) is 36.4 Å². The van der Waals surface area contributed by atoms with Gasteiger partial charge in [0, 0.05) is 37.2 Å². The standard InChI is InChI=1S/C22H21F3N4O3S/c1-14-18(5-10-32-14)20(31)27-21-26-16(13-33-21)12-19(30)29-8-6-28(7-9-29)17-4-2-3-15(11-17)22(23,24)25/h2-5,10-11,13H,6-9,12H2,1H3,(H,26,27,31). The van der Waals surface area contributed by atoms with Gasteiger partial charge in [0.15, 0.2) is 5.13 Å². The first-order chi connectivity index (χ1) is 15.7. The summed E-state index contributed by atoms with van der Waals surface area (Å²) in [5, 5.41) is 4.80. The molecule has 4 rings (SSSR count). The van der Waals surface area contributed by atoms with Crippen molar-refractivity contribution < 1.29 is 27.2 Å². The molecule has 1 fully saturated rings. The van der Waals surface area contributed by atoms with E-state index in [0.717, 1.165) is 12.1 Å². The maximum Gasteiger partial charge on any atom is 0.416 e. The van der Waals surface area contributed by atoms with E-state index in [1.165, 1.54) is 23.7 Å². The van der Waals surface area contributed by atoms with Crippen LogP contribution in [0.5, 0.6) is 0 Å². The molecule has 1 saturated heterocycles.